The largest absolute Gasteiger partial charge is 0.465 e. The molecule has 2 rings (SSSR count). The van der Waals surface area contributed by atoms with E-state index in [9.17, 15) is 14.4 Å². The average molecular weight is 366 g/mol. The van der Waals surface area contributed by atoms with Crippen LogP contribution in [0.15, 0.2) is 54.6 Å². The van der Waals surface area contributed by atoms with Gasteiger partial charge in [0.2, 0.25) is 11.8 Å². The Balaban J connectivity index is 1.82. The van der Waals surface area contributed by atoms with E-state index in [4.69, 9.17) is 0 Å². The zero-order chi connectivity index (χ0) is 19.6. The van der Waals surface area contributed by atoms with E-state index >= 15 is 0 Å². The first kappa shape index (κ1) is 19.9. The molecule has 0 saturated heterocycles. The van der Waals surface area contributed by atoms with Crippen LogP contribution in [0.25, 0.3) is 6.08 Å². The minimum Gasteiger partial charge on any atom is -0.465 e. The lowest BCUT2D eigenvalue weighted by atomic mass is 10.1. The number of carbonyl (C=O) groups excluding carboxylic acids is 3. The van der Waals surface area contributed by atoms with Crippen molar-refractivity contribution in [3.63, 3.8) is 0 Å². The molecule has 0 radical (unpaired) electrons. The second-order valence-electron chi connectivity index (χ2n) is 5.85. The van der Waals surface area contributed by atoms with Crippen LogP contribution in [0.3, 0.4) is 0 Å². The molecule has 2 aromatic rings. The third-order valence-corrected chi connectivity index (χ3v) is 3.81. The second kappa shape index (κ2) is 9.91. The molecule has 6 nitrogen and oxygen atoms in total. The smallest absolute Gasteiger partial charge is 0.337 e. The first-order valence-electron chi connectivity index (χ1n) is 8.49. The number of nitrogens with one attached hydrogen (secondary N) is 2. The van der Waals surface area contributed by atoms with Gasteiger partial charge in [-0.1, -0.05) is 36.4 Å². The minimum absolute atomic E-state index is 0.118. The van der Waals surface area contributed by atoms with Crippen LogP contribution in [0, 0.1) is 6.92 Å². The summed E-state index contributed by atoms with van der Waals surface area (Å²) in [4.78, 5) is 35.4. The minimum atomic E-state index is -0.469. The number of aryl methyl sites for hydroxylation is 1. The number of benzene rings is 2. The van der Waals surface area contributed by atoms with Gasteiger partial charge in [0, 0.05) is 24.7 Å². The zero-order valence-electron chi connectivity index (χ0n) is 15.3. The number of amides is 2. The quantitative estimate of drug-likeness (QED) is 0.583. The van der Waals surface area contributed by atoms with Crippen LogP contribution < -0.4 is 10.6 Å². The van der Waals surface area contributed by atoms with Gasteiger partial charge in [-0.25, -0.2) is 4.79 Å². The Morgan fingerprint density at radius 3 is 2.52 bits per heavy atom. The highest BCUT2D eigenvalue weighted by Gasteiger charge is 2.10. The van der Waals surface area contributed by atoms with E-state index in [0.717, 1.165) is 11.1 Å². The molecule has 0 aromatic heterocycles. The van der Waals surface area contributed by atoms with E-state index in [1.807, 2.05) is 37.3 Å². The Morgan fingerprint density at radius 1 is 1.07 bits per heavy atom. The highest BCUT2D eigenvalue weighted by atomic mass is 16.5. The van der Waals surface area contributed by atoms with Gasteiger partial charge in [-0.3, -0.25) is 9.59 Å². The molecule has 2 N–H and O–H groups in total. The normalized spacial score (nSPS) is 10.4. The summed E-state index contributed by atoms with van der Waals surface area (Å²) in [6, 6.07) is 14.4. The van der Waals surface area contributed by atoms with Gasteiger partial charge >= 0.3 is 5.97 Å². The molecule has 0 atom stereocenters. The van der Waals surface area contributed by atoms with Crippen molar-refractivity contribution in [3.05, 3.63) is 71.3 Å². The number of anilines is 1. The lowest BCUT2D eigenvalue weighted by molar-refractivity contribution is -0.117. The molecule has 6 heteroatoms. The van der Waals surface area contributed by atoms with Gasteiger partial charge in [0.1, 0.15) is 0 Å². The average Bonchev–Trinajstić information content (AvgIpc) is 2.68. The van der Waals surface area contributed by atoms with E-state index < -0.39 is 5.97 Å². The van der Waals surface area contributed by atoms with Crippen molar-refractivity contribution in [2.45, 2.75) is 13.3 Å². The Labute approximate surface area is 158 Å². The molecule has 27 heavy (non-hydrogen) atoms. The SMILES string of the molecule is COC(=O)c1ccc(C)c(NC(=O)CCNC(=O)C=Cc2ccccc2)c1. The number of hydrogen-bond acceptors (Lipinski definition) is 4. The molecule has 0 bridgehead atoms. The van der Waals surface area contributed by atoms with Crippen LogP contribution in [0.1, 0.15) is 27.9 Å². The molecule has 0 aliphatic heterocycles. The summed E-state index contributed by atoms with van der Waals surface area (Å²) >= 11 is 0. The molecule has 0 spiro atoms. The molecule has 0 unspecified atom stereocenters. The second-order valence-corrected chi connectivity index (χ2v) is 5.85. The number of rotatable bonds is 7. The van der Waals surface area contributed by atoms with Gasteiger partial charge in [0.25, 0.3) is 0 Å². The number of methoxy groups -OCH3 is 1. The van der Waals surface area contributed by atoms with Crippen molar-refractivity contribution in [1.29, 1.82) is 0 Å². The molecule has 140 valence electrons. The molecule has 2 aromatic carbocycles. The summed E-state index contributed by atoms with van der Waals surface area (Å²) in [5.41, 5.74) is 2.65. The molecule has 0 aliphatic rings. The fourth-order valence-electron chi connectivity index (χ4n) is 2.31. The summed E-state index contributed by atoms with van der Waals surface area (Å²) < 4.78 is 4.68. The third-order valence-electron chi connectivity index (χ3n) is 3.81. The highest BCUT2D eigenvalue weighted by molar-refractivity contribution is 5.96. The van der Waals surface area contributed by atoms with Crippen LogP contribution in [0.2, 0.25) is 0 Å². The van der Waals surface area contributed by atoms with Gasteiger partial charge in [0.15, 0.2) is 0 Å². The van der Waals surface area contributed by atoms with Crippen LogP contribution in [0.5, 0.6) is 0 Å². The summed E-state index contributed by atoms with van der Waals surface area (Å²) in [6.07, 6.45) is 3.25. The standard InChI is InChI=1S/C21H22N2O4/c1-15-8-10-17(21(26)27-2)14-18(15)23-20(25)12-13-22-19(24)11-9-16-6-4-3-5-7-16/h3-11,14H,12-13H2,1-2H3,(H,22,24)(H,23,25). The van der Waals surface area contributed by atoms with E-state index in [1.165, 1.54) is 13.2 Å². The molecular weight excluding hydrogens is 344 g/mol. The number of carbonyl (C=O) groups is 3. The van der Waals surface area contributed by atoms with Gasteiger partial charge in [-0.2, -0.15) is 0 Å². The Bertz CT molecular complexity index is 845. The predicted molar refractivity (Wildman–Crippen MR) is 104 cm³/mol. The summed E-state index contributed by atoms with van der Waals surface area (Å²) in [5.74, 6) is -0.994. The van der Waals surface area contributed by atoms with Crippen molar-refractivity contribution >= 4 is 29.5 Å². The van der Waals surface area contributed by atoms with Crippen LogP contribution >= 0.6 is 0 Å². The van der Waals surface area contributed by atoms with Crippen molar-refractivity contribution in [2.75, 3.05) is 19.0 Å². The maximum atomic E-state index is 12.1. The number of esters is 1. The third kappa shape index (κ3) is 6.43. The molecule has 0 heterocycles. The van der Waals surface area contributed by atoms with Gasteiger partial charge < -0.3 is 15.4 Å². The first-order valence-corrected chi connectivity index (χ1v) is 8.49. The predicted octanol–water partition coefficient (Wildman–Crippen LogP) is 2.94. The van der Waals surface area contributed by atoms with Crippen molar-refractivity contribution in [3.8, 4) is 0 Å². The highest BCUT2D eigenvalue weighted by Crippen LogP contribution is 2.17. The topological polar surface area (TPSA) is 84.5 Å². The Hall–Kier alpha value is -3.41. The monoisotopic (exact) mass is 366 g/mol. The van der Waals surface area contributed by atoms with Crippen LogP contribution in [-0.2, 0) is 14.3 Å². The van der Waals surface area contributed by atoms with Gasteiger partial charge in [-0.05, 0) is 36.3 Å². The summed E-state index contributed by atoms with van der Waals surface area (Å²) in [7, 11) is 1.30. The van der Waals surface area contributed by atoms with Crippen molar-refractivity contribution in [1.82, 2.24) is 5.32 Å². The van der Waals surface area contributed by atoms with Crippen LogP contribution in [0.4, 0.5) is 5.69 Å². The van der Waals surface area contributed by atoms with Crippen molar-refractivity contribution < 1.29 is 19.1 Å². The maximum Gasteiger partial charge on any atom is 0.337 e. The maximum absolute atomic E-state index is 12.1. The van der Waals surface area contributed by atoms with Gasteiger partial charge in [0.05, 0.1) is 12.7 Å². The molecular formula is C21H22N2O4. The molecule has 0 aliphatic carbocycles. The number of ether oxygens (including phenoxy) is 1. The fourth-order valence-corrected chi connectivity index (χ4v) is 2.31. The van der Waals surface area contributed by atoms with E-state index in [-0.39, 0.29) is 24.8 Å². The molecule has 0 fully saturated rings. The van der Waals surface area contributed by atoms with Crippen LogP contribution in [-0.4, -0.2) is 31.4 Å². The van der Waals surface area contributed by atoms with E-state index in [2.05, 4.69) is 15.4 Å². The lowest BCUT2D eigenvalue weighted by Crippen LogP contribution is -2.26. The number of hydrogen-bond donors (Lipinski definition) is 2. The van der Waals surface area contributed by atoms with Crippen molar-refractivity contribution in [2.24, 2.45) is 0 Å². The van der Waals surface area contributed by atoms with Gasteiger partial charge in [-0.15, -0.1) is 0 Å². The first-order chi connectivity index (χ1) is 13.0. The zero-order valence-corrected chi connectivity index (χ0v) is 15.3. The summed E-state index contributed by atoms with van der Waals surface area (Å²) in [5, 5.41) is 5.41. The van der Waals surface area contributed by atoms with E-state index in [0.29, 0.717) is 11.3 Å². The molecule has 0 saturated carbocycles. The lowest BCUT2D eigenvalue weighted by Gasteiger charge is -2.10. The fraction of sp³-hybridized carbons (Fsp3) is 0.190. The summed E-state index contributed by atoms with van der Waals surface area (Å²) in [6.45, 7) is 2.03. The molecule has 2 amide bonds. The Kier molecular flexibility index (Phi) is 7.31. The Morgan fingerprint density at radius 2 is 1.81 bits per heavy atom. The van der Waals surface area contributed by atoms with E-state index in [1.54, 1.807) is 24.3 Å².